The maximum absolute atomic E-state index is 11.9. The Hall–Kier alpha value is -2.35. The van der Waals surface area contributed by atoms with Gasteiger partial charge in [0.05, 0.1) is 5.56 Å². The molecular formula is C12H9F3N2O3. The minimum absolute atomic E-state index is 0.0634. The van der Waals surface area contributed by atoms with Crippen molar-refractivity contribution < 1.29 is 22.8 Å². The Bertz CT molecular complexity index is 694. The van der Waals surface area contributed by atoms with Crippen molar-refractivity contribution in [3.8, 4) is 0 Å². The first-order valence-corrected chi connectivity index (χ1v) is 5.48. The fraction of sp³-hybridized carbons (Fsp3) is 0.167. The van der Waals surface area contributed by atoms with E-state index in [1.165, 1.54) is 0 Å². The van der Waals surface area contributed by atoms with Crippen LogP contribution in [0, 0.1) is 0 Å². The maximum atomic E-state index is 11.9. The summed E-state index contributed by atoms with van der Waals surface area (Å²) in [5.41, 5.74) is 1.47. The zero-order chi connectivity index (χ0) is 14.8. The summed E-state index contributed by atoms with van der Waals surface area (Å²) in [5.74, 6) is -0.920. The Kier molecular flexibility index (Phi) is 3.75. The van der Waals surface area contributed by atoms with Crippen molar-refractivity contribution in [1.82, 2.24) is 10.5 Å². The summed E-state index contributed by atoms with van der Waals surface area (Å²) >= 11 is 0. The fourth-order valence-corrected chi connectivity index (χ4v) is 1.63. The first-order valence-electron chi connectivity index (χ1n) is 5.48. The zero-order valence-corrected chi connectivity index (χ0v) is 9.95. The molecular weight excluding hydrogens is 277 g/mol. The van der Waals surface area contributed by atoms with Gasteiger partial charge < -0.3 is 4.98 Å². The Morgan fingerprint density at radius 1 is 1.30 bits per heavy atom. The smallest absolute Gasteiger partial charge is 0.322 e. The Morgan fingerprint density at radius 3 is 2.70 bits per heavy atom. The van der Waals surface area contributed by atoms with Gasteiger partial charge in [0.15, 0.2) is 6.61 Å². The van der Waals surface area contributed by atoms with Gasteiger partial charge in [0.25, 0.3) is 5.91 Å². The van der Waals surface area contributed by atoms with E-state index in [9.17, 15) is 22.8 Å². The summed E-state index contributed by atoms with van der Waals surface area (Å²) in [5, 5.41) is 0.403. The zero-order valence-electron chi connectivity index (χ0n) is 9.95. The van der Waals surface area contributed by atoms with Gasteiger partial charge >= 0.3 is 6.18 Å². The third kappa shape index (κ3) is 3.35. The highest BCUT2D eigenvalue weighted by Gasteiger charge is 2.28. The average Bonchev–Trinajstić information content (AvgIpc) is 2.36. The Balaban J connectivity index is 2.24. The van der Waals surface area contributed by atoms with Crippen LogP contribution in [0.5, 0.6) is 0 Å². The minimum atomic E-state index is -4.55. The number of halogens is 3. The monoisotopic (exact) mass is 286 g/mol. The number of hydrogen-bond acceptors (Lipinski definition) is 3. The summed E-state index contributed by atoms with van der Waals surface area (Å²) in [4.78, 5) is 29.7. The van der Waals surface area contributed by atoms with Crippen LogP contribution in [0.3, 0.4) is 0 Å². The summed E-state index contributed by atoms with van der Waals surface area (Å²) in [6.45, 7) is -1.61. The van der Waals surface area contributed by atoms with Gasteiger partial charge in [-0.05, 0) is 6.07 Å². The van der Waals surface area contributed by atoms with E-state index in [1.807, 2.05) is 0 Å². The molecule has 20 heavy (non-hydrogen) atoms. The van der Waals surface area contributed by atoms with Crippen LogP contribution in [-0.4, -0.2) is 23.7 Å². The third-order valence-electron chi connectivity index (χ3n) is 2.40. The topological polar surface area (TPSA) is 71.2 Å². The third-order valence-corrected chi connectivity index (χ3v) is 2.40. The number of H-pyrrole nitrogens is 1. The van der Waals surface area contributed by atoms with Gasteiger partial charge in [-0.15, -0.1) is 0 Å². The first-order chi connectivity index (χ1) is 9.37. The summed E-state index contributed by atoms with van der Waals surface area (Å²) < 4.78 is 35.7. The van der Waals surface area contributed by atoms with Crippen molar-refractivity contribution in [1.29, 1.82) is 0 Å². The number of benzene rings is 1. The normalized spacial score (nSPS) is 11.6. The molecule has 0 unspecified atom stereocenters. The quantitative estimate of drug-likeness (QED) is 0.844. The lowest BCUT2D eigenvalue weighted by atomic mass is 10.1. The summed E-state index contributed by atoms with van der Waals surface area (Å²) in [6.07, 6.45) is -4.55. The second-order valence-electron chi connectivity index (χ2n) is 3.93. The molecule has 2 aromatic rings. The second kappa shape index (κ2) is 5.33. The number of rotatable bonds is 3. The lowest BCUT2D eigenvalue weighted by Crippen LogP contribution is -2.30. The lowest BCUT2D eigenvalue weighted by Gasteiger charge is -2.09. The molecule has 1 heterocycles. The van der Waals surface area contributed by atoms with Crippen LogP contribution in [0.1, 0.15) is 10.4 Å². The van der Waals surface area contributed by atoms with E-state index in [0.717, 1.165) is 6.07 Å². The van der Waals surface area contributed by atoms with Crippen molar-refractivity contribution in [2.24, 2.45) is 0 Å². The predicted octanol–water partition coefficient (Wildman–Crippen LogP) is 1.75. The molecule has 2 N–H and O–H groups in total. The maximum Gasteiger partial charge on any atom is 0.414 e. The highest BCUT2D eigenvalue weighted by atomic mass is 19.4. The summed E-state index contributed by atoms with van der Waals surface area (Å²) in [6, 6.07) is 7.41. The minimum Gasteiger partial charge on any atom is -0.322 e. The summed E-state index contributed by atoms with van der Waals surface area (Å²) in [7, 11) is 0. The van der Waals surface area contributed by atoms with E-state index in [-0.39, 0.29) is 5.56 Å². The SMILES string of the molecule is O=C(NOCC(F)(F)F)c1cc(=O)[nH]c2ccccc12. The number of carbonyl (C=O) groups is 1. The highest BCUT2D eigenvalue weighted by molar-refractivity contribution is 6.05. The highest BCUT2D eigenvalue weighted by Crippen LogP contribution is 2.16. The molecule has 0 atom stereocenters. The Morgan fingerprint density at radius 2 is 2.00 bits per heavy atom. The Labute approximate surface area is 110 Å². The van der Waals surface area contributed by atoms with Crippen LogP contribution in [-0.2, 0) is 4.84 Å². The molecule has 0 aliphatic heterocycles. The van der Waals surface area contributed by atoms with Gasteiger partial charge in [0.1, 0.15) is 0 Å². The molecule has 1 aromatic heterocycles. The molecule has 1 aromatic carbocycles. The molecule has 0 fully saturated rings. The molecule has 106 valence electrons. The van der Waals surface area contributed by atoms with E-state index in [4.69, 9.17) is 0 Å². The van der Waals surface area contributed by atoms with Gasteiger partial charge in [-0.25, -0.2) is 5.48 Å². The molecule has 2 rings (SSSR count). The molecule has 0 radical (unpaired) electrons. The number of amides is 1. The molecule has 0 saturated carbocycles. The molecule has 0 bridgehead atoms. The van der Waals surface area contributed by atoms with Crippen molar-refractivity contribution in [2.45, 2.75) is 6.18 Å². The molecule has 5 nitrogen and oxygen atoms in total. The number of para-hydroxylation sites is 1. The van der Waals surface area contributed by atoms with Gasteiger partial charge in [-0.3, -0.25) is 14.4 Å². The van der Waals surface area contributed by atoms with Crippen molar-refractivity contribution >= 4 is 16.8 Å². The number of hydroxylamine groups is 1. The molecule has 0 aliphatic rings. The number of fused-ring (bicyclic) bond motifs is 1. The van der Waals surface area contributed by atoms with Crippen molar-refractivity contribution in [3.05, 3.63) is 46.2 Å². The lowest BCUT2D eigenvalue weighted by molar-refractivity contribution is -0.184. The van der Waals surface area contributed by atoms with Gasteiger partial charge in [-0.2, -0.15) is 13.2 Å². The number of alkyl halides is 3. The van der Waals surface area contributed by atoms with Crippen LogP contribution in [0.25, 0.3) is 10.9 Å². The van der Waals surface area contributed by atoms with E-state index >= 15 is 0 Å². The largest absolute Gasteiger partial charge is 0.414 e. The van der Waals surface area contributed by atoms with Gasteiger partial charge in [-0.1, -0.05) is 18.2 Å². The van der Waals surface area contributed by atoms with Gasteiger partial charge in [0, 0.05) is 17.0 Å². The van der Waals surface area contributed by atoms with Crippen LogP contribution < -0.4 is 11.0 Å². The molecule has 0 aliphatic carbocycles. The van der Waals surface area contributed by atoms with E-state index in [1.54, 1.807) is 29.7 Å². The number of aromatic amines is 1. The average molecular weight is 286 g/mol. The number of aromatic nitrogens is 1. The predicted molar refractivity (Wildman–Crippen MR) is 64.0 cm³/mol. The van der Waals surface area contributed by atoms with Crippen LogP contribution in [0.4, 0.5) is 13.2 Å². The molecule has 1 amide bonds. The molecule has 8 heteroatoms. The molecule has 0 saturated heterocycles. The van der Waals surface area contributed by atoms with Crippen LogP contribution >= 0.6 is 0 Å². The number of pyridine rings is 1. The van der Waals surface area contributed by atoms with Crippen molar-refractivity contribution in [3.63, 3.8) is 0 Å². The van der Waals surface area contributed by atoms with E-state index < -0.39 is 24.2 Å². The molecule has 0 spiro atoms. The van der Waals surface area contributed by atoms with Gasteiger partial charge in [0.2, 0.25) is 5.56 Å². The standard InChI is InChI=1S/C12H9F3N2O3/c13-12(14,15)6-20-17-11(19)8-5-10(18)16-9-4-2-1-3-7(8)9/h1-5H,6H2,(H,16,18)(H,17,19). The number of nitrogens with one attached hydrogen (secondary N) is 2. The van der Waals surface area contributed by atoms with Crippen LogP contribution in [0.15, 0.2) is 35.1 Å². The fourth-order valence-electron chi connectivity index (χ4n) is 1.63. The van der Waals surface area contributed by atoms with Crippen molar-refractivity contribution in [2.75, 3.05) is 6.61 Å². The van der Waals surface area contributed by atoms with E-state index in [0.29, 0.717) is 10.9 Å². The van der Waals surface area contributed by atoms with Crippen LogP contribution in [0.2, 0.25) is 0 Å². The first kappa shape index (κ1) is 14.1. The number of hydrogen-bond donors (Lipinski definition) is 2. The second-order valence-corrected chi connectivity index (χ2v) is 3.93. The number of carbonyl (C=O) groups excluding carboxylic acids is 1. The van der Waals surface area contributed by atoms with E-state index in [2.05, 4.69) is 9.82 Å².